The van der Waals surface area contributed by atoms with Crippen LogP contribution in [-0.2, 0) is 29.2 Å². The summed E-state index contributed by atoms with van der Waals surface area (Å²) in [6.07, 6.45) is 3.18. The Bertz CT molecular complexity index is 526. The van der Waals surface area contributed by atoms with E-state index in [1.807, 2.05) is 0 Å². The molecule has 0 saturated carbocycles. The van der Waals surface area contributed by atoms with Crippen LogP contribution in [0.4, 0.5) is 0 Å². The first-order chi connectivity index (χ1) is 8.48. The maximum Gasteiger partial charge on any atom is 0.148 e. The Morgan fingerprint density at radius 1 is 1.39 bits per heavy atom. The monoisotopic (exact) mass is 268 g/mol. The Kier molecular flexibility index (Phi) is 4.02. The zero-order valence-electron chi connectivity index (χ0n) is 11.0. The molecule has 18 heavy (non-hydrogen) atoms. The average molecular weight is 268 g/mol. The van der Waals surface area contributed by atoms with Gasteiger partial charge in [-0.3, -0.25) is 9.88 Å². The highest BCUT2D eigenvalue weighted by Gasteiger charge is 2.18. The van der Waals surface area contributed by atoms with Gasteiger partial charge in [-0.15, -0.1) is 0 Å². The summed E-state index contributed by atoms with van der Waals surface area (Å²) in [4.78, 5) is 6.82. The summed E-state index contributed by atoms with van der Waals surface area (Å²) in [5.41, 5.74) is 3.57. The highest BCUT2D eigenvalue weighted by atomic mass is 32.2. The van der Waals surface area contributed by atoms with Crippen molar-refractivity contribution >= 4 is 9.84 Å². The Hall–Kier alpha value is -0.940. The topological polar surface area (TPSA) is 50.3 Å². The minimum atomic E-state index is -2.87. The van der Waals surface area contributed by atoms with Gasteiger partial charge in [-0.1, -0.05) is 13.0 Å². The highest BCUT2D eigenvalue weighted by molar-refractivity contribution is 7.90. The molecule has 1 aliphatic heterocycles. The number of fused-ring (bicyclic) bond motifs is 1. The lowest BCUT2D eigenvalue weighted by Crippen LogP contribution is -2.34. The summed E-state index contributed by atoms with van der Waals surface area (Å²) in [6.45, 7) is 4.45. The number of nitrogens with zero attached hydrogens (tertiary/aromatic N) is 2. The molecule has 1 aliphatic rings. The van der Waals surface area contributed by atoms with Crippen molar-refractivity contribution in [2.45, 2.75) is 26.3 Å². The highest BCUT2D eigenvalue weighted by Crippen LogP contribution is 2.17. The minimum Gasteiger partial charge on any atom is -0.298 e. The fourth-order valence-electron chi connectivity index (χ4n) is 2.20. The molecule has 0 aromatic carbocycles. The maximum absolute atomic E-state index is 11.2. The van der Waals surface area contributed by atoms with Gasteiger partial charge in [0.1, 0.15) is 9.84 Å². The van der Waals surface area contributed by atoms with E-state index < -0.39 is 9.84 Å². The minimum absolute atomic E-state index is 0.239. The molecule has 2 heterocycles. The van der Waals surface area contributed by atoms with Gasteiger partial charge >= 0.3 is 0 Å². The Morgan fingerprint density at radius 3 is 2.83 bits per heavy atom. The van der Waals surface area contributed by atoms with Crippen molar-refractivity contribution in [1.82, 2.24) is 9.88 Å². The second-order valence-electron chi connectivity index (χ2n) is 4.92. The molecule has 0 spiro atoms. The molecule has 100 valence electrons. The number of hydrogen-bond acceptors (Lipinski definition) is 4. The second kappa shape index (κ2) is 5.36. The Balaban J connectivity index is 2.02. The average Bonchev–Trinajstić information content (AvgIpc) is 2.34. The molecular formula is C13H20N2O2S. The van der Waals surface area contributed by atoms with Crippen molar-refractivity contribution in [3.63, 3.8) is 0 Å². The van der Waals surface area contributed by atoms with Crippen LogP contribution in [0.3, 0.4) is 0 Å². The molecule has 0 bridgehead atoms. The van der Waals surface area contributed by atoms with Crippen LogP contribution in [0.5, 0.6) is 0 Å². The molecule has 0 aliphatic carbocycles. The first-order valence-electron chi connectivity index (χ1n) is 6.35. The van der Waals surface area contributed by atoms with Gasteiger partial charge in [0, 0.05) is 43.7 Å². The third-order valence-electron chi connectivity index (χ3n) is 3.33. The van der Waals surface area contributed by atoms with Gasteiger partial charge in [0.2, 0.25) is 0 Å². The zero-order chi connectivity index (χ0) is 13.2. The van der Waals surface area contributed by atoms with Gasteiger partial charge in [-0.05, 0) is 18.1 Å². The van der Waals surface area contributed by atoms with Gasteiger partial charge < -0.3 is 0 Å². The fraction of sp³-hybridized carbons (Fsp3) is 0.615. The summed E-state index contributed by atoms with van der Waals surface area (Å²) in [5.74, 6) is 0.239. The third-order valence-corrected chi connectivity index (χ3v) is 4.25. The first kappa shape index (κ1) is 13.5. The molecule has 0 radical (unpaired) electrons. The second-order valence-corrected chi connectivity index (χ2v) is 7.18. The van der Waals surface area contributed by atoms with E-state index in [-0.39, 0.29) is 5.75 Å². The number of aryl methyl sites for hydroxylation is 1. The van der Waals surface area contributed by atoms with Gasteiger partial charge in [-0.2, -0.15) is 0 Å². The molecule has 4 nitrogen and oxygen atoms in total. The van der Waals surface area contributed by atoms with Gasteiger partial charge in [0.05, 0.1) is 5.75 Å². The van der Waals surface area contributed by atoms with Crippen molar-refractivity contribution in [2.75, 3.05) is 25.1 Å². The standard InChI is InChI=1S/C13H20N2O2S/c1-3-12-5-4-11-10-15(7-6-13(11)14-12)8-9-18(2,16)17/h4-5H,3,6-10H2,1-2H3. The van der Waals surface area contributed by atoms with Crippen LogP contribution in [0.15, 0.2) is 12.1 Å². The Morgan fingerprint density at radius 2 is 2.17 bits per heavy atom. The summed E-state index contributed by atoms with van der Waals surface area (Å²) >= 11 is 0. The SMILES string of the molecule is CCc1ccc2c(n1)CCN(CCS(C)(=O)=O)C2. The number of pyridine rings is 1. The quantitative estimate of drug-likeness (QED) is 0.819. The number of hydrogen-bond donors (Lipinski definition) is 0. The van der Waals surface area contributed by atoms with E-state index in [9.17, 15) is 8.42 Å². The zero-order valence-corrected chi connectivity index (χ0v) is 11.8. The summed E-state index contributed by atoms with van der Waals surface area (Å²) in [7, 11) is -2.87. The molecule has 0 saturated heterocycles. The molecule has 0 unspecified atom stereocenters. The van der Waals surface area contributed by atoms with E-state index in [1.54, 1.807) is 0 Å². The van der Waals surface area contributed by atoms with Crippen molar-refractivity contribution in [2.24, 2.45) is 0 Å². The first-order valence-corrected chi connectivity index (χ1v) is 8.42. The fourth-order valence-corrected chi connectivity index (χ4v) is 2.79. The van der Waals surface area contributed by atoms with Crippen LogP contribution in [0, 0.1) is 0 Å². The molecule has 0 amide bonds. The predicted octanol–water partition coefficient (Wildman–Crippen LogP) is 1.05. The largest absolute Gasteiger partial charge is 0.298 e. The van der Waals surface area contributed by atoms with Gasteiger partial charge in [-0.25, -0.2) is 8.42 Å². The molecule has 0 atom stereocenters. The van der Waals surface area contributed by atoms with Crippen LogP contribution in [0.25, 0.3) is 0 Å². The van der Waals surface area contributed by atoms with Gasteiger partial charge in [0.25, 0.3) is 0 Å². The lowest BCUT2D eigenvalue weighted by atomic mass is 10.0. The van der Waals surface area contributed by atoms with Crippen molar-refractivity contribution in [1.29, 1.82) is 0 Å². The van der Waals surface area contributed by atoms with Crippen LogP contribution in [0.1, 0.15) is 23.9 Å². The van der Waals surface area contributed by atoms with Gasteiger partial charge in [0.15, 0.2) is 0 Å². The van der Waals surface area contributed by atoms with E-state index in [0.29, 0.717) is 6.54 Å². The summed E-state index contributed by atoms with van der Waals surface area (Å²) < 4.78 is 22.3. The molecule has 1 aromatic rings. The number of sulfone groups is 1. The van der Waals surface area contributed by atoms with Crippen molar-refractivity contribution < 1.29 is 8.42 Å². The maximum atomic E-state index is 11.2. The molecule has 0 N–H and O–H groups in total. The van der Waals surface area contributed by atoms with Crippen LogP contribution >= 0.6 is 0 Å². The van der Waals surface area contributed by atoms with Crippen LogP contribution in [-0.4, -0.2) is 43.4 Å². The molecular weight excluding hydrogens is 248 g/mol. The summed E-state index contributed by atoms with van der Waals surface area (Å²) in [5, 5.41) is 0. The molecule has 1 aromatic heterocycles. The van der Waals surface area contributed by atoms with E-state index in [1.165, 1.54) is 17.5 Å². The third kappa shape index (κ3) is 3.53. The summed E-state index contributed by atoms with van der Waals surface area (Å²) in [6, 6.07) is 4.20. The lowest BCUT2D eigenvalue weighted by Gasteiger charge is -2.28. The predicted molar refractivity (Wildman–Crippen MR) is 72.3 cm³/mol. The van der Waals surface area contributed by atoms with Crippen LogP contribution < -0.4 is 0 Å². The smallest absolute Gasteiger partial charge is 0.148 e. The van der Waals surface area contributed by atoms with Crippen LogP contribution in [0.2, 0.25) is 0 Å². The Labute approximate surface area is 109 Å². The molecule has 2 rings (SSSR count). The number of aromatic nitrogens is 1. The van der Waals surface area contributed by atoms with E-state index in [2.05, 4.69) is 28.9 Å². The van der Waals surface area contributed by atoms with E-state index in [4.69, 9.17) is 0 Å². The van der Waals surface area contributed by atoms with E-state index >= 15 is 0 Å². The molecule has 5 heteroatoms. The molecule has 0 fully saturated rings. The van der Waals surface area contributed by atoms with Crippen molar-refractivity contribution in [3.8, 4) is 0 Å². The van der Waals surface area contributed by atoms with E-state index in [0.717, 1.165) is 31.6 Å². The number of rotatable bonds is 4. The lowest BCUT2D eigenvalue weighted by molar-refractivity contribution is 0.266. The normalized spacial score (nSPS) is 16.6. The van der Waals surface area contributed by atoms with Crippen molar-refractivity contribution in [3.05, 3.63) is 29.1 Å².